The van der Waals surface area contributed by atoms with Gasteiger partial charge in [-0.3, -0.25) is 0 Å². The van der Waals surface area contributed by atoms with Crippen LogP contribution in [0.5, 0.6) is 0 Å². The van der Waals surface area contributed by atoms with Crippen molar-refractivity contribution in [3.8, 4) is 56.4 Å². The van der Waals surface area contributed by atoms with Crippen molar-refractivity contribution in [2.75, 3.05) is 0 Å². The second-order valence-electron chi connectivity index (χ2n) is 13.2. The first kappa shape index (κ1) is 27.3. The fourth-order valence-corrected chi connectivity index (χ4v) is 7.96. The van der Waals surface area contributed by atoms with Crippen LogP contribution in [-0.2, 0) is 0 Å². The van der Waals surface area contributed by atoms with E-state index in [4.69, 9.17) is 15.0 Å². The average Bonchev–Trinajstić information content (AvgIpc) is 3.48. The Bertz CT molecular complexity index is 2950. The smallest absolute Gasteiger partial charge is 0.164 e. The quantitative estimate of drug-likeness (QED) is 0.182. The normalized spacial score (nSPS) is 12.0. The van der Waals surface area contributed by atoms with Gasteiger partial charge in [0, 0.05) is 22.1 Å². The molecule has 1 aromatic heterocycles. The molecule has 1 aliphatic carbocycles. The fourth-order valence-electron chi connectivity index (χ4n) is 7.96. The van der Waals surface area contributed by atoms with Crippen molar-refractivity contribution in [3.05, 3.63) is 164 Å². The molecular weight excluding hydrogens is 607 g/mol. The van der Waals surface area contributed by atoms with Crippen molar-refractivity contribution >= 4 is 53.9 Å². The second kappa shape index (κ2) is 10.4. The molecule has 9 aromatic carbocycles. The van der Waals surface area contributed by atoms with Crippen LogP contribution in [0.1, 0.15) is 0 Å². The molecule has 0 saturated heterocycles. The van der Waals surface area contributed by atoms with Gasteiger partial charge in [-0.15, -0.1) is 0 Å². The maximum absolute atomic E-state index is 5.28. The summed E-state index contributed by atoms with van der Waals surface area (Å²) in [5, 5.41) is 12.0. The van der Waals surface area contributed by atoms with E-state index in [1.807, 2.05) is 0 Å². The highest BCUT2D eigenvalue weighted by Crippen LogP contribution is 2.52. The molecule has 0 radical (unpaired) electrons. The minimum Gasteiger partial charge on any atom is -0.208 e. The standard InChI is InChI=1S/C47H27N3/c1-3-11-30-23-35(19-17-28(30)9-1)45-48-46(36-20-18-29-10-2-4-12-31(29)24-36)50-47(49-45)39-22-21-38-40-25-32-13-5-6-14-33(32)26-41(40)42-27-34-15-7-8-16-37(34)43(39)44(38)42/h1-27H. The van der Waals surface area contributed by atoms with E-state index in [1.165, 1.54) is 65.3 Å². The number of hydrogen-bond acceptors (Lipinski definition) is 3. The zero-order valence-corrected chi connectivity index (χ0v) is 26.9. The molecule has 0 N–H and O–H groups in total. The zero-order valence-electron chi connectivity index (χ0n) is 26.9. The summed E-state index contributed by atoms with van der Waals surface area (Å²) in [6.45, 7) is 0. The SMILES string of the molecule is c1ccc2cc(-c3nc(-c4ccc5ccccc5c4)nc(-c4ccc5c6c(cc7ccccc7c46)-c4cc6ccccc6cc4-5)n3)ccc2c1. The molecule has 0 fully saturated rings. The third kappa shape index (κ3) is 4.07. The van der Waals surface area contributed by atoms with Gasteiger partial charge in [0.2, 0.25) is 0 Å². The molecule has 3 nitrogen and oxygen atoms in total. The molecule has 1 aliphatic rings. The van der Waals surface area contributed by atoms with Crippen molar-refractivity contribution in [3.63, 3.8) is 0 Å². The highest BCUT2D eigenvalue weighted by atomic mass is 15.0. The van der Waals surface area contributed by atoms with E-state index in [2.05, 4.69) is 164 Å². The Hall–Kier alpha value is -6.71. The Labute approximate surface area is 288 Å². The van der Waals surface area contributed by atoms with Crippen molar-refractivity contribution in [2.24, 2.45) is 0 Å². The highest BCUT2D eigenvalue weighted by molar-refractivity contribution is 6.27. The number of fused-ring (bicyclic) bond motifs is 8. The average molecular weight is 634 g/mol. The summed E-state index contributed by atoms with van der Waals surface area (Å²) in [6, 6.07) is 58.7. The second-order valence-corrected chi connectivity index (χ2v) is 13.2. The molecule has 230 valence electrons. The van der Waals surface area contributed by atoms with E-state index in [9.17, 15) is 0 Å². The van der Waals surface area contributed by atoms with E-state index in [1.54, 1.807) is 0 Å². The zero-order chi connectivity index (χ0) is 32.8. The summed E-state index contributed by atoms with van der Waals surface area (Å²) in [7, 11) is 0. The summed E-state index contributed by atoms with van der Waals surface area (Å²) >= 11 is 0. The van der Waals surface area contributed by atoms with Crippen LogP contribution in [0.2, 0.25) is 0 Å². The van der Waals surface area contributed by atoms with Crippen molar-refractivity contribution in [1.82, 2.24) is 15.0 Å². The molecule has 0 saturated carbocycles. The predicted molar refractivity (Wildman–Crippen MR) is 208 cm³/mol. The number of hydrogen-bond donors (Lipinski definition) is 0. The van der Waals surface area contributed by atoms with Crippen molar-refractivity contribution < 1.29 is 0 Å². The molecule has 0 amide bonds. The first-order valence-electron chi connectivity index (χ1n) is 17.0. The summed E-state index contributed by atoms with van der Waals surface area (Å²) < 4.78 is 0. The van der Waals surface area contributed by atoms with E-state index >= 15 is 0 Å². The van der Waals surface area contributed by atoms with E-state index < -0.39 is 0 Å². The third-order valence-corrected chi connectivity index (χ3v) is 10.4. The predicted octanol–water partition coefficient (Wildman–Crippen LogP) is 12.3. The third-order valence-electron chi connectivity index (χ3n) is 10.4. The Kier molecular flexibility index (Phi) is 5.67. The highest BCUT2D eigenvalue weighted by Gasteiger charge is 2.26. The van der Waals surface area contributed by atoms with Crippen LogP contribution in [0.25, 0.3) is 110 Å². The molecule has 0 atom stereocenters. The molecule has 0 spiro atoms. The molecule has 50 heavy (non-hydrogen) atoms. The lowest BCUT2D eigenvalue weighted by atomic mass is 9.92. The summed E-state index contributed by atoms with van der Waals surface area (Å²) in [6.07, 6.45) is 0. The van der Waals surface area contributed by atoms with Gasteiger partial charge in [-0.1, -0.05) is 127 Å². The van der Waals surface area contributed by atoms with Crippen LogP contribution in [-0.4, -0.2) is 15.0 Å². The van der Waals surface area contributed by atoms with Gasteiger partial charge in [-0.2, -0.15) is 0 Å². The van der Waals surface area contributed by atoms with Crippen LogP contribution < -0.4 is 0 Å². The number of nitrogens with zero attached hydrogens (tertiary/aromatic N) is 3. The molecule has 0 unspecified atom stereocenters. The van der Waals surface area contributed by atoms with Gasteiger partial charge in [0.15, 0.2) is 17.5 Å². The van der Waals surface area contributed by atoms with Gasteiger partial charge in [0.05, 0.1) is 0 Å². The lowest BCUT2D eigenvalue weighted by Crippen LogP contribution is -2.01. The first-order chi connectivity index (χ1) is 24.7. The van der Waals surface area contributed by atoms with Gasteiger partial charge >= 0.3 is 0 Å². The lowest BCUT2D eigenvalue weighted by Gasteiger charge is -2.14. The summed E-state index contributed by atoms with van der Waals surface area (Å²) in [4.78, 5) is 15.7. The van der Waals surface area contributed by atoms with Crippen LogP contribution in [0, 0.1) is 0 Å². The molecule has 0 bridgehead atoms. The Morgan fingerprint density at radius 1 is 0.260 bits per heavy atom. The Balaban J connectivity index is 1.21. The van der Waals surface area contributed by atoms with E-state index in [-0.39, 0.29) is 0 Å². The van der Waals surface area contributed by atoms with Gasteiger partial charge in [-0.25, -0.2) is 15.0 Å². The van der Waals surface area contributed by atoms with Crippen LogP contribution in [0.15, 0.2) is 164 Å². The monoisotopic (exact) mass is 633 g/mol. The van der Waals surface area contributed by atoms with E-state index in [0.29, 0.717) is 17.5 Å². The topological polar surface area (TPSA) is 38.7 Å². The maximum Gasteiger partial charge on any atom is 0.164 e. The molecule has 10 aromatic rings. The molecule has 0 aliphatic heterocycles. The number of rotatable bonds is 3. The van der Waals surface area contributed by atoms with Gasteiger partial charge < -0.3 is 0 Å². The number of aromatic nitrogens is 3. The van der Waals surface area contributed by atoms with Crippen LogP contribution in [0.4, 0.5) is 0 Å². The first-order valence-corrected chi connectivity index (χ1v) is 17.0. The Morgan fingerprint density at radius 3 is 1.30 bits per heavy atom. The number of benzene rings is 9. The van der Waals surface area contributed by atoms with Gasteiger partial charge in [-0.05, 0) is 107 Å². The molecule has 1 heterocycles. The summed E-state index contributed by atoms with van der Waals surface area (Å²) in [5.74, 6) is 1.98. The lowest BCUT2D eigenvalue weighted by molar-refractivity contribution is 1.08. The van der Waals surface area contributed by atoms with Gasteiger partial charge in [0.1, 0.15) is 0 Å². The Morgan fingerprint density at radius 2 is 0.700 bits per heavy atom. The molecule has 11 rings (SSSR count). The van der Waals surface area contributed by atoms with Gasteiger partial charge in [0.25, 0.3) is 0 Å². The molecule has 3 heteroatoms. The van der Waals surface area contributed by atoms with Crippen LogP contribution >= 0.6 is 0 Å². The van der Waals surface area contributed by atoms with Crippen molar-refractivity contribution in [1.29, 1.82) is 0 Å². The van der Waals surface area contributed by atoms with Crippen LogP contribution in [0.3, 0.4) is 0 Å². The minimum atomic E-state index is 0.658. The summed E-state index contributed by atoms with van der Waals surface area (Å²) in [5.41, 5.74) is 7.99. The van der Waals surface area contributed by atoms with Crippen molar-refractivity contribution in [2.45, 2.75) is 0 Å². The minimum absolute atomic E-state index is 0.658. The maximum atomic E-state index is 5.28. The molecular formula is C47H27N3. The fraction of sp³-hybridized carbons (Fsp3) is 0. The largest absolute Gasteiger partial charge is 0.208 e. The van der Waals surface area contributed by atoms with E-state index in [0.717, 1.165) is 27.5 Å².